The summed E-state index contributed by atoms with van der Waals surface area (Å²) in [5.74, 6) is 1.82. The number of rotatable bonds is 8. The van der Waals surface area contributed by atoms with Gasteiger partial charge in [0.2, 0.25) is 0 Å². The molecule has 0 spiro atoms. The Hall–Kier alpha value is -9.97. The monoisotopic (exact) mass is 956 g/mol. The second-order valence-corrected chi connectivity index (χ2v) is 19.4. The fourth-order valence-electron chi connectivity index (χ4n) is 12.1. The van der Waals surface area contributed by atoms with E-state index in [4.69, 9.17) is 19.4 Å². The molecule has 75 heavy (non-hydrogen) atoms. The molecule has 3 aromatic heterocycles. The lowest BCUT2D eigenvalue weighted by molar-refractivity contribution is 0.669. The zero-order chi connectivity index (χ0) is 49.5. The molecule has 0 saturated heterocycles. The first-order chi connectivity index (χ1) is 37.2. The van der Waals surface area contributed by atoms with Crippen molar-refractivity contribution in [2.45, 2.75) is 5.41 Å². The maximum Gasteiger partial charge on any atom is 0.164 e. The van der Waals surface area contributed by atoms with Gasteiger partial charge in [-0.15, -0.1) is 0 Å². The van der Waals surface area contributed by atoms with Crippen molar-refractivity contribution in [3.8, 4) is 73.2 Å². The molecule has 0 N–H and O–H groups in total. The van der Waals surface area contributed by atoms with E-state index in [1.807, 2.05) is 72.8 Å². The summed E-state index contributed by atoms with van der Waals surface area (Å²) in [5, 5.41) is 4.31. The van der Waals surface area contributed by atoms with E-state index < -0.39 is 5.41 Å². The van der Waals surface area contributed by atoms with Crippen molar-refractivity contribution in [3.05, 3.63) is 289 Å². The minimum atomic E-state index is -0.543. The Labute approximate surface area is 433 Å². The number of hydrogen-bond donors (Lipinski definition) is 0. The van der Waals surface area contributed by atoms with Gasteiger partial charge in [0.05, 0.1) is 16.4 Å². The van der Waals surface area contributed by atoms with Crippen LogP contribution in [0.3, 0.4) is 0 Å². The second-order valence-electron chi connectivity index (χ2n) is 19.4. The van der Waals surface area contributed by atoms with E-state index in [1.165, 1.54) is 55.3 Å². The quantitative estimate of drug-likeness (QED) is 0.152. The van der Waals surface area contributed by atoms with Crippen LogP contribution in [0.4, 0.5) is 0 Å². The van der Waals surface area contributed by atoms with Crippen molar-refractivity contribution in [2.24, 2.45) is 0 Å². The average molecular weight is 957 g/mol. The van der Waals surface area contributed by atoms with Crippen LogP contribution in [0.1, 0.15) is 22.3 Å². The maximum atomic E-state index is 6.62. The molecule has 3 heterocycles. The molecule has 0 aliphatic heterocycles. The third kappa shape index (κ3) is 6.68. The molecule has 0 radical (unpaired) electrons. The number of fused-ring (bicyclic) bond motifs is 9. The third-order valence-electron chi connectivity index (χ3n) is 15.3. The van der Waals surface area contributed by atoms with Crippen LogP contribution in [-0.2, 0) is 5.41 Å². The van der Waals surface area contributed by atoms with Crippen LogP contribution in [0.2, 0.25) is 0 Å². The zero-order valence-corrected chi connectivity index (χ0v) is 40.6. The van der Waals surface area contributed by atoms with Crippen molar-refractivity contribution in [3.63, 3.8) is 0 Å². The maximum absolute atomic E-state index is 6.62. The molecular weight excluding hydrogens is 913 g/mol. The highest BCUT2D eigenvalue weighted by molar-refractivity contribution is 6.14. The summed E-state index contributed by atoms with van der Waals surface area (Å²) in [7, 11) is 0. The fourth-order valence-corrected chi connectivity index (χ4v) is 12.1. The number of para-hydroxylation sites is 1. The average Bonchev–Trinajstić information content (AvgIpc) is 4.27. The summed E-state index contributed by atoms with van der Waals surface area (Å²) in [4.78, 5) is 15.3. The lowest BCUT2D eigenvalue weighted by Gasteiger charge is -2.35. The Bertz CT molecular complexity index is 4410. The van der Waals surface area contributed by atoms with Crippen molar-refractivity contribution >= 4 is 43.7 Å². The smallest absolute Gasteiger partial charge is 0.164 e. The summed E-state index contributed by atoms with van der Waals surface area (Å²) in [6.45, 7) is 0. The van der Waals surface area contributed by atoms with Crippen LogP contribution in [0, 0.1) is 0 Å². The predicted octanol–water partition coefficient (Wildman–Crippen LogP) is 17.6. The molecule has 0 unspecified atom stereocenters. The number of furan rings is 1. The standard InChI is InChI=1S/C70H44N4O/c1-6-20-45(21-7-1)67-71-68(46-22-8-2-9-23-46)73-69(72-67)56-33-19-35-64-65(56)59-43-48(38-41-63(59)75-64)47-36-39-61-57(42-47)58-44-49(37-40-62(58)74(61)52-28-14-5-15-29-52)53-31-18-32-55-54-30-16-17-34-60(54)70(66(53)55,50-24-10-3-11-25-50)51-26-12-4-13-27-51/h1-44H. The van der Waals surface area contributed by atoms with Crippen LogP contribution >= 0.6 is 0 Å². The van der Waals surface area contributed by atoms with Crippen LogP contribution in [0.25, 0.3) is 117 Å². The molecule has 14 aromatic rings. The molecule has 11 aromatic carbocycles. The number of hydrogen-bond acceptors (Lipinski definition) is 4. The SMILES string of the molecule is c1ccc(-c2nc(-c3ccccc3)nc(-c3cccc4oc5ccc(-c6ccc7c(c6)c6cc(-c8cccc9c8C(c8ccccc8)(c8ccccc8)c8ccccc8-9)ccc6n7-c6ccccc6)cc5c34)n2)cc1. The van der Waals surface area contributed by atoms with Crippen LogP contribution in [0.15, 0.2) is 271 Å². The molecule has 5 heteroatoms. The Morgan fingerprint density at radius 3 is 1.45 bits per heavy atom. The molecule has 0 fully saturated rings. The molecule has 1 aliphatic rings. The third-order valence-corrected chi connectivity index (χ3v) is 15.3. The van der Waals surface area contributed by atoms with Gasteiger partial charge >= 0.3 is 0 Å². The van der Waals surface area contributed by atoms with Gasteiger partial charge in [0.15, 0.2) is 17.5 Å². The Morgan fingerprint density at radius 1 is 0.320 bits per heavy atom. The minimum absolute atomic E-state index is 0.543. The Balaban J connectivity index is 0.927. The van der Waals surface area contributed by atoms with E-state index in [0.717, 1.165) is 66.5 Å². The molecule has 0 saturated carbocycles. The predicted molar refractivity (Wildman–Crippen MR) is 306 cm³/mol. The van der Waals surface area contributed by atoms with Crippen molar-refractivity contribution < 1.29 is 4.42 Å². The van der Waals surface area contributed by atoms with Gasteiger partial charge in [0, 0.05) is 43.9 Å². The molecule has 5 nitrogen and oxygen atoms in total. The lowest BCUT2D eigenvalue weighted by atomic mass is 9.66. The number of benzene rings is 11. The van der Waals surface area contributed by atoms with E-state index in [0.29, 0.717) is 17.5 Å². The van der Waals surface area contributed by atoms with Gasteiger partial charge in [-0.05, 0) is 110 Å². The largest absolute Gasteiger partial charge is 0.456 e. The summed E-state index contributed by atoms with van der Waals surface area (Å²) in [6, 6.07) is 95.6. The van der Waals surface area contributed by atoms with E-state index in [9.17, 15) is 0 Å². The highest BCUT2D eigenvalue weighted by atomic mass is 16.3. The second kappa shape index (κ2) is 17.1. The van der Waals surface area contributed by atoms with Crippen molar-refractivity contribution in [2.75, 3.05) is 0 Å². The van der Waals surface area contributed by atoms with E-state index in [-0.39, 0.29) is 0 Å². The van der Waals surface area contributed by atoms with Gasteiger partial charge in [0.1, 0.15) is 11.2 Å². The van der Waals surface area contributed by atoms with E-state index >= 15 is 0 Å². The lowest BCUT2D eigenvalue weighted by Crippen LogP contribution is -2.29. The van der Waals surface area contributed by atoms with Crippen LogP contribution in [0.5, 0.6) is 0 Å². The van der Waals surface area contributed by atoms with E-state index in [2.05, 4.69) is 199 Å². The molecule has 15 rings (SSSR count). The summed E-state index contributed by atoms with van der Waals surface area (Å²) in [6.07, 6.45) is 0. The number of nitrogens with zero attached hydrogens (tertiary/aromatic N) is 4. The fraction of sp³-hybridized carbons (Fsp3) is 0.0143. The minimum Gasteiger partial charge on any atom is -0.456 e. The number of aromatic nitrogens is 4. The first kappa shape index (κ1) is 42.7. The van der Waals surface area contributed by atoms with Gasteiger partial charge in [0.25, 0.3) is 0 Å². The first-order valence-electron chi connectivity index (χ1n) is 25.5. The molecule has 350 valence electrons. The topological polar surface area (TPSA) is 56.7 Å². The van der Waals surface area contributed by atoms with Gasteiger partial charge in [-0.2, -0.15) is 0 Å². The molecule has 0 amide bonds. The normalized spacial score (nSPS) is 12.6. The molecule has 0 bridgehead atoms. The highest BCUT2D eigenvalue weighted by Crippen LogP contribution is 2.59. The summed E-state index contributed by atoms with van der Waals surface area (Å²) < 4.78 is 9.03. The van der Waals surface area contributed by atoms with Gasteiger partial charge in [-0.25, -0.2) is 15.0 Å². The van der Waals surface area contributed by atoms with Crippen molar-refractivity contribution in [1.29, 1.82) is 0 Å². The molecule has 0 atom stereocenters. The van der Waals surface area contributed by atoms with Gasteiger partial charge in [-0.3, -0.25) is 0 Å². The zero-order valence-electron chi connectivity index (χ0n) is 40.6. The summed E-state index contributed by atoms with van der Waals surface area (Å²) >= 11 is 0. The van der Waals surface area contributed by atoms with Crippen molar-refractivity contribution in [1.82, 2.24) is 19.5 Å². The van der Waals surface area contributed by atoms with Gasteiger partial charge in [-0.1, -0.05) is 212 Å². The molecule has 1 aliphatic carbocycles. The first-order valence-corrected chi connectivity index (χ1v) is 25.5. The molecular formula is C70H44N4O. The van der Waals surface area contributed by atoms with Gasteiger partial charge < -0.3 is 8.98 Å². The van der Waals surface area contributed by atoms with Crippen LogP contribution < -0.4 is 0 Å². The van der Waals surface area contributed by atoms with Crippen LogP contribution in [-0.4, -0.2) is 19.5 Å². The summed E-state index contributed by atoms with van der Waals surface area (Å²) in [5.41, 5.74) is 19.4. The van der Waals surface area contributed by atoms with E-state index in [1.54, 1.807) is 0 Å². The Morgan fingerprint density at radius 2 is 0.800 bits per heavy atom. The Kier molecular flexibility index (Phi) is 9.72. The highest BCUT2D eigenvalue weighted by Gasteiger charge is 2.47.